The van der Waals surface area contributed by atoms with Crippen LogP contribution in [0.25, 0.3) is 0 Å². The predicted octanol–water partition coefficient (Wildman–Crippen LogP) is 3.30. The zero-order valence-electron chi connectivity index (χ0n) is 9.34. The Labute approximate surface area is 111 Å². The monoisotopic (exact) mass is 314 g/mol. The summed E-state index contributed by atoms with van der Waals surface area (Å²) in [5.74, 6) is -1.02. The fourth-order valence-electron chi connectivity index (χ4n) is 1.31. The van der Waals surface area contributed by atoms with E-state index in [1.165, 1.54) is 6.07 Å². The van der Waals surface area contributed by atoms with Gasteiger partial charge in [-0.2, -0.15) is 4.98 Å². The Morgan fingerprint density at radius 1 is 1.22 bits per heavy atom. The van der Waals surface area contributed by atoms with E-state index in [0.717, 1.165) is 6.20 Å². The van der Waals surface area contributed by atoms with Gasteiger partial charge in [0.2, 0.25) is 5.95 Å². The predicted molar refractivity (Wildman–Crippen MR) is 68.9 cm³/mol. The molecule has 2 N–H and O–H groups in total. The molecular weight excluding hydrogens is 306 g/mol. The van der Waals surface area contributed by atoms with Crippen LogP contribution in [-0.4, -0.2) is 17.0 Å². The highest BCUT2D eigenvalue weighted by atomic mass is 79.9. The van der Waals surface area contributed by atoms with Gasteiger partial charge in [-0.05, 0) is 28.1 Å². The summed E-state index contributed by atoms with van der Waals surface area (Å²) in [5.41, 5.74) is 0.122. The summed E-state index contributed by atoms with van der Waals surface area (Å²) in [7, 11) is 1.61. The molecule has 0 spiro atoms. The quantitative estimate of drug-likeness (QED) is 0.912. The molecule has 0 aliphatic carbocycles. The van der Waals surface area contributed by atoms with Crippen LogP contribution in [0.5, 0.6) is 0 Å². The summed E-state index contributed by atoms with van der Waals surface area (Å²) in [5, 5.41) is 5.27. The van der Waals surface area contributed by atoms with Gasteiger partial charge in [-0.15, -0.1) is 0 Å². The number of aromatic nitrogens is 2. The number of halogens is 3. The van der Waals surface area contributed by atoms with Gasteiger partial charge in [0, 0.05) is 11.5 Å². The summed E-state index contributed by atoms with van der Waals surface area (Å²) in [6.45, 7) is 0. The highest BCUT2D eigenvalue weighted by Crippen LogP contribution is 2.28. The Morgan fingerprint density at radius 3 is 2.67 bits per heavy atom. The Kier molecular flexibility index (Phi) is 3.71. The van der Waals surface area contributed by atoms with E-state index in [1.54, 1.807) is 19.2 Å². The molecule has 0 radical (unpaired) electrons. The zero-order chi connectivity index (χ0) is 13.1. The highest BCUT2D eigenvalue weighted by molar-refractivity contribution is 9.10. The first kappa shape index (κ1) is 12.7. The van der Waals surface area contributed by atoms with Crippen LogP contribution < -0.4 is 10.6 Å². The summed E-state index contributed by atoms with van der Waals surface area (Å²) < 4.78 is 27.6. The van der Waals surface area contributed by atoms with Crippen LogP contribution in [0, 0.1) is 11.6 Å². The van der Waals surface area contributed by atoms with Crippen LogP contribution in [0.3, 0.4) is 0 Å². The summed E-state index contributed by atoms with van der Waals surface area (Å²) in [6, 6.07) is 4.45. The first-order valence-corrected chi connectivity index (χ1v) is 5.82. The van der Waals surface area contributed by atoms with Crippen molar-refractivity contribution in [2.75, 3.05) is 17.7 Å². The Bertz CT molecular complexity index is 557. The first-order chi connectivity index (χ1) is 8.61. The molecule has 0 saturated carbocycles. The molecule has 0 atom stereocenters. The minimum absolute atomic E-state index is 0.0971. The van der Waals surface area contributed by atoms with Crippen LogP contribution in [0.2, 0.25) is 0 Å². The second-order valence-corrected chi connectivity index (χ2v) is 4.22. The van der Waals surface area contributed by atoms with Crippen LogP contribution in [0.15, 0.2) is 28.9 Å². The topological polar surface area (TPSA) is 49.8 Å². The minimum atomic E-state index is -0.663. The maximum absolute atomic E-state index is 13.6. The summed E-state index contributed by atoms with van der Waals surface area (Å²) >= 11 is 3.18. The van der Waals surface area contributed by atoms with Crippen LogP contribution in [0.1, 0.15) is 0 Å². The smallest absolute Gasteiger partial charge is 0.224 e. The second-order valence-electron chi connectivity index (χ2n) is 3.36. The Balaban J connectivity index is 2.39. The van der Waals surface area contributed by atoms with Gasteiger partial charge in [-0.25, -0.2) is 13.8 Å². The minimum Gasteiger partial charge on any atom is -0.357 e. The van der Waals surface area contributed by atoms with Gasteiger partial charge in [-0.3, -0.25) is 0 Å². The molecule has 0 bridgehead atoms. The third kappa shape index (κ3) is 2.56. The van der Waals surface area contributed by atoms with Crippen molar-refractivity contribution >= 4 is 33.4 Å². The van der Waals surface area contributed by atoms with E-state index < -0.39 is 11.6 Å². The average molecular weight is 315 g/mol. The second kappa shape index (κ2) is 5.26. The number of hydrogen-bond acceptors (Lipinski definition) is 4. The fraction of sp³-hybridized carbons (Fsp3) is 0.0909. The van der Waals surface area contributed by atoms with Crippen molar-refractivity contribution < 1.29 is 8.78 Å². The Hall–Kier alpha value is -1.76. The maximum atomic E-state index is 13.6. The van der Waals surface area contributed by atoms with Crippen molar-refractivity contribution in [1.82, 2.24) is 9.97 Å². The van der Waals surface area contributed by atoms with E-state index in [4.69, 9.17) is 0 Å². The SMILES string of the molecule is CNc1ncc(F)c(Nc2c(F)cccc2Br)n1. The molecule has 0 aliphatic rings. The number of anilines is 3. The number of para-hydroxylation sites is 1. The van der Waals surface area contributed by atoms with Crippen molar-refractivity contribution in [2.24, 2.45) is 0 Å². The van der Waals surface area contributed by atoms with Crippen molar-refractivity contribution in [1.29, 1.82) is 0 Å². The molecule has 7 heteroatoms. The highest BCUT2D eigenvalue weighted by Gasteiger charge is 2.11. The molecule has 0 unspecified atom stereocenters. The number of rotatable bonds is 3. The van der Waals surface area contributed by atoms with Gasteiger partial charge >= 0.3 is 0 Å². The molecule has 0 amide bonds. The molecular formula is C11H9BrF2N4. The number of hydrogen-bond donors (Lipinski definition) is 2. The van der Waals surface area contributed by atoms with Gasteiger partial charge in [0.15, 0.2) is 11.6 Å². The molecule has 0 saturated heterocycles. The molecule has 1 aromatic heterocycles. The molecule has 1 heterocycles. The lowest BCUT2D eigenvalue weighted by atomic mass is 10.3. The van der Waals surface area contributed by atoms with Gasteiger partial charge in [-0.1, -0.05) is 6.07 Å². The molecule has 0 fully saturated rings. The lowest BCUT2D eigenvalue weighted by Gasteiger charge is -2.10. The van der Waals surface area contributed by atoms with E-state index >= 15 is 0 Å². The molecule has 1 aromatic carbocycles. The van der Waals surface area contributed by atoms with Gasteiger partial charge in [0.1, 0.15) is 5.82 Å². The normalized spacial score (nSPS) is 10.2. The standard InChI is InChI=1S/C11H9BrF2N4/c1-15-11-16-5-8(14)10(18-11)17-9-6(12)3-2-4-7(9)13/h2-5H,1H3,(H2,15,16,17,18). The molecule has 2 rings (SSSR count). The molecule has 2 aromatic rings. The van der Waals surface area contributed by atoms with E-state index in [1.807, 2.05) is 0 Å². The zero-order valence-corrected chi connectivity index (χ0v) is 10.9. The first-order valence-electron chi connectivity index (χ1n) is 5.03. The van der Waals surface area contributed by atoms with Crippen molar-refractivity contribution in [2.45, 2.75) is 0 Å². The van der Waals surface area contributed by atoms with Crippen LogP contribution in [-0.2, 0) is 0 Å². The van der Waals surface area contributed by atoms with Crippen LogP contribution in [0.4, 0.5) is 26.2 Å². The number of benzene rings is 1. The number of nitrogens with one attached hydrogen (secondary N) is 2. The summed E-state index contributed by atoms with van der Waals surface area (Å²) in [4.78, 5) is 7.57. The molecule has 0 aliphatic heterocycles. The molecule has 18 heavy (non-hydrogen) atoms. The lowest BCUT2D eigenvalue weighted by molar-refractivity contribution is 0.616. The molecule has 94 valence electrons. The Morgan fingerprint density at radius 2 is 2.00 bits per heavy atom. The van der Waals surface area contributed by atoms with E-state index in [9.17, 15) is 8.78 Å². The third-order valence-electron chi connectivity index (χ3n) is 2.17. The van der Waals surface area contributed by atoms with E-state index in [-0.39, 0.29) is 17.5 Å². The third-order valence-corrected chi connectivity index (χ3v) is 2.83. The van der Waals surface area contributed by atoms with E-state index in [0.29, 0.717) is 4.47 Å². The lowest BCUT2D eigenvalue weighted by Crippen LogP contribution is -2.04. The van der Waals surface area contributed by atoms with Crippen molar-refractivity contribution in [3.63, 3.8) is 0 Å². The van der Waals surface area contributed by atoms with Crippen molar-refractivity contribution in [3.05, 3.63) is 40.5 Å². The van der Waals surface area contributed by atoms with E-state index in [2.05, 4.69) is 36.5 Å². The molecule has 4 nitrogen and oxygen atoms in total. The average Bonchev–Trinajstić information content (AvgIpc) is 2.36. The van der Waals surface area contributed by atoms with Gasteiger partial charge < -0.3 is 10.6 Å². The maximum Gasteiger partial charge on any atom is 0.224 e. The largest absolute Gasteiger partial charge is 0.357 e. The number of nitrogens with zero attached hydrogens (tertiary/aromatic N) is 2. The van der Waals surface area contributed by atoms with Gasteiger partial charge in [0.25, 0.3) is 0 Å². The van der Waals surface area contributed by atoms with Gasteiger partial charge in [0.05, 0.1) is 11.9 Å². The summed E-state index contributed by atoms with van der Waals surface area (Å²) in [6.07, 6.45) is 1.01. The van der Waals surface area contributed by atoms with Crippen LogP contribution >= 0.6 is 15.9 Å². The van der Waals surface area contributed by atoms with Crippen molar-refractivity contribution in [3.8, 4) is 0 Å². The fourth-order valence-corrected chi connectivity index (χ4v) is 1.75.